The molecule has 0 aliphatic carbocycles. The van der Waals surface area contributed by atoms with E-state index in [-0.39, 0.29) is 54.9 Å². The summed E-state index contributed by atoms with van der Waals surface area (Å²) in [6.07, 6.45) is 5.43. The quantitative estimate of drug-likeness (QED) is 0.466. The molecule has 3 aromatic rings. The maximum Gasteiger partial charge on any atom is 0.275 e. The number of allylic oxidation sites excluding steroid dienone is 1. The van der Waals surface area contributed by atoms with Crippen LogP contribution in [0.15, 0.2) is 71.7 Å². The Bertz CT molecular complexity index is 1470. The third-order valence-corrected chi connectivity index (χ3v) is 6.74. The van der Waals surface area contributed by atoms with Crippen LogP contribution in [0, 0.1) is 11.6 Å². The molecular weight excluding hydrogens is 496 g/mol. The van der Waals surface area contributed by atoms with E-state index in [0.717, 1.165) is 11.6 Å². The zero-order valence-corrected chi connectivity index (χ0v) is 20.3. The molecular formula is C28H25F2N3O5. The Hall–Kier alpha value is -4.31. The van der Waals surface area contributed by atoms with Crippen molar-refractivity contribution >= 4 is 11.8 Å². The number of amides is 2. The minimum absolute atomic E-state index is 0.00506. The maximum absolute atomic E-state index is 14.1. The number of aliphatic hydroxyl groups excluding tert-OH is 1. The van der Waals surface area contributed by atoms with Crippen LogP contribution in [0.5, 0.6) is 5.75 Å². The number of nitrogens with one attached hydrogen (secondary N) is 1. The average molecular weight is 522 g/mol. The largest absolute Gasteiger partial charge is 0.483 e. The molecule has 196 valence electrons. The molecule has 8 nitrogen and oxygen atoms in total. The first-order valence-electron chi connectivity index (χ1n) is 12.1. The number of rotatable bonds is 7. The van der Waals surface area contributed by atoms with Crippen LogP contribution < -0.4 is 15.5 Å². The van der Waals surface area contributed by atoms with E-state index < -0.39 is 34.9 Å². The number of pyridine rings is 1. The van der Waals surface area contributed by atoms with Crippen molar-refractivity contribution in [1.82, 2.24) is 14.8 Å². The predicted octanol–water partition coefficient (Wildman–Crippen LogP) is 2.95. The molecule has 3 heterocycles. The lowest BCUT2D eigenvalue weighted by molar-refractivity contribution is 0.0548. The van der Waals surface area contributed by atoms with Gasteiger partial charge in [-0.15, -0.1) is 0 Å². The number of ether oxygens (including phenoxy) is 1. The number of hydrogen-bond acceptors (Lipinski definition) is 5. The third-order valence-electron chi connectivity index (χ3n) is 6.74. The van der Waals surface area contributed by atoms with E-state index in [1.54, 1.807) is 22.8 Å². The van der Waals surface area contributed by atoms with Crippen molar-refractivity contribution in [2.45, 2.75) is 31.7 Å². The molecule has 5 rings (SSSR count). The number of nitrogens with zero attached hydrogens (tertiary/aromatic N) is 2. The molecule has 10 heteroatoms. The van der Waals surface area contributed by atoms with Gasteiger partial charge in [0.2, 0.25) is 5.43 Å². The van der Waals surface area contributed by atoms with E-state index in [1.807, 2.05) is 24.3 Å². The number of benzene rings is 2. The molecule has 0 fully saturated rings. The second-order valence-electron chi connectivity index (χ2n) is 9.17. The molecule has 38 heavy (non-hydrogen) atoms. The summed E-state index contributed by atoms with van der Waals surface area (Å²) in [7, 11) is 0. The highest BCUT2D eigenvalue weighted by atomic mass is 19.1. The van der Waals surface area contributed by atoms with Crippen LogP contribution in [0.2, 0.25) is 0 Å². The number of aliphatic hydroxyl groups is 1. The first-order chi connectivity index (χ1) is 18.4. The summed E-state index contributed by atoms with van der Waals surface area (Å²) >= 11 is 0. The van der Waals surface area contributed by atoms with Crippen molar-refractivity contribution in [3.63, 3.8) is 0 Å². The fourth-order valence-corrected chi connectivity index (χ4v) is 4.73. The van der Waals surface area contributed by atoms with Gasteiger partial charge in [-0.1, -0.05) is 48.6 Å². The molecule has 2 N–H and O–H groups in total. The Morgan fingerprint density at radius 2 is 1.92 bits per heavy atom. The monoisotopic (exact) mass is 521 g/mol. The zero-order valence-electron chi connectivity index (χ0n) is 20.3. The van der Waals surface area contributed by atoms with Crippen LogP contribution in [-0.2, 0) is 13.2 Å². The first kappa shape index (κ1) is 25.3. The Balaban J connectivity index is 1.54. The van der Waals surface area contributed by atoms with Gasteiger partial charge in [0.25, 0.3) is 11.8 Å². The summed E-state index contributed by atoms with van der Waals surface area (Å²) in [6.45, 7) is -0.301. The van der Waals surface area contributed by atoms with Crippen LogP contribution in [0.25, 0.3) is 0 Å². The standard InChI is InChI=1S/C28H25F2N3O5/c29-19-10-9-18(23(30)11-19)12-31-27(36)22-14-32-20-7-4-8-21(15-34)33(13-20)28(37)24(32)26(25(22)35)38-16-17-5-2-1-3-6-17/h1-6,8-11,14,20-21,34H,7,12-13,15-16H2,(H,31,36)/t20-,21+/m0/s1. The van der Waals surface area contributed by atoms with Crippen molar-refractivity contribution in [1.29, 1.82) is 0 Å². The van der Waals surface area contributed by atoms with Gasteiger partial charge in [0.15, 0.2) is 11.4 Å². The van der Waals surface area contributed by atoms with E-state index in [0.29, 0.717) is 12.5 Å². The molecule has 2 aromatic carbocycles. The van der Waals surface area contributed by atoms with Crippen LogP contribution >= 0.6 is 0 Å². The molecule has 2 atom stereocenters. The number of aromatic nitrogens is 1. The Morgan fingerprint density at radius 3 is 2.66 bits per heavy atom. The molecule has 0 saturated heterocycles. The van der Waals surface area contributed by atoms with Crippen LogP contribution in [0.4, 0.5) is 8.78 Å². The van der Waals surface area contributed by atoms with Gasteiger partial charge in [-0.3, -0.25) is 14.4 Å². The summed E-state index contributed by atoms with van der Waals surface area (Å²) < 4.78 is 34.8. The normalized spacial score (nSPS) is 18.1. The Labute approximate surface area is 216 Å². The van der Waals surface area contributed by atoms with E-state index >= 15 is 0 Å². The lowest BCUT2D eigenvalue weighted by Crippen LogP contribution is -2.49. The van der Waals surface area contributed by atoms with Crippen LogP contribution in [0.1, 0.15) is 44.4 Å². The minimum Gasteiger partial charge on any atom is -0.483 e. The van der Waals surface area contributed by atoms with Crippen molar-refractivity contribution < 1.29 is 28.2 Å². The molecule has 0 saturated carbocycles. The highest BCUT2D eigenvalue weighted by molar-refractivity contribution is 5.99. The fourth-order valence-electron chi connectivity index (χ4n) is 4.73. The van der Waals surface area contributed by atoms with E-state index in [1.165, 1.54) is 17.2 Å². The number of halogens is 2. The van der Waals surface area contributed by atoms with Crippen molar-refractivity contribution in [2.24, 2.45) is 0 Å². The van der Waals surface area contributed by atoms with E-state index in [9.17, 15) is 28.3 Å². The highest BCUT2D eigenvalue weighted by Crippen LogP contribution is 2.32. The number of fused-ring (bicyclic) bond motifs is 4. The van der Waals surface area contributed by atoms with Gasteiger partial charge in [0, 0.05) is 30.9 Å². The van der Waals surface area contributed by atoms with Gasteiger partial charge in [0.05, 0.1) is 18.7 Å². The van der Waals surface area contributed by atoms with Crippen LogP contribution in [-0.4, -0.2) is 45.6 Å². The van der Waals surface area contributed by atoms with Crippen LogP contribution in [0.3, 0.4) is 0 Å². The SMILES string of the molecule is O=C(NCc1ccc(F)cc1F)c1cn2c(c(OCc3ccccc3)c1=O)C(=O)N1C[C@@H]2CC=C[C@@H]1CO. The van der Waals surface area contributed by atoms with Crippen molar-refractivity contribution in [3.8, 4) is 5.75 Å². The molecule has 2 amide bonds. The molecule has 1 aromatic heterocycles. The highest BCUT2D eigenvalue weighted by Gasteiger charge is 2.39. The van der Waals surface area contributed by atoms with E-state index in [4.69, 9.17) is 4.74 Å². The van der Waals surface area contributed by atoms with Gasteiger partial charge >= 0.3 is 0 Å². The molecule has 0 spiro atoms. The van der Waals surface area contributed by atoms with Gasteiger partial charge in [-0.2, -0.15) is 0 Å². The first-order valence-corrected chi connectivity index (χ1v) is 12.1. The molecule has 2 aliphatic rings. The maximum atomic E-state index is 14.1. The Morgan fingerprint density at radius 1 is 1.13 bits per heavy atom. The van der Waals surface area contributed by atoms with Crippen molar-refractivity contribution in [3.05, 3.63) is 111 Å². The van der Waals surface area contributed by atoms with Gasteiger partial charge in [0.1, 0.15) is 23.8 Å². The predicted molar refractivity (Wildman–Crippen MR) is 134 cm³/mol. The third kappa shape index (κ3) is 4.82. The lowest BCUT2D eigenvalue weighted by Gasteiger charge is -2.38. The minimum atomic E-state index is -0.825. The second-order valence-corrected chi connectivity index (χ2v) is 9.17. The number of carbonyl (C=O) groups is 2. The topological polar surface area (TPSA) is 101 Å². The van der Waals surface area contributed by atoms with E-state index in [2.05, 4.69) is 5.32 Å². The van der Waals surface area contributed by atoms with Crippen molar-refractivity contribution in [2.75, 3.05) is 13.2 Å². The fraction of sp³-hybridized carbons (Fsp3) is 0.250. The molecule has 0 unspecified atom stereocenters. The van der Waals surface area contributed by atoms with Gasteiger partial charge < -0.3 is 24.6 Å². The second kappa shape index (κ2) is 10.6. The zero-order chi connectivity index (χ0) is 26.8. The summed E-state index contributed by atoms with van der Waals surface area (Å²) in [4.78, 5) is 41.8. The van der Waals surface area contributed by atoms with Gasteiger partial charge in [-0.05, 0) is 18.1 Å². The number of carbonyl (C=O) groups excluding carboxylic acids is 2. The summed E-state index contributed by atoms with van der Waals surface area (Å²) in [5, 5.41) is 12.3. The molecule has 2 aliphatic heterocycles. The lowest BCUT2D eigenvalue weighted by atomic mass is 10.1. The smallest absolute Gasteiger partial charge is 0.275 e. The molecule has 0 radical (unpaired) electrons. The summed E-state index contributed by atoms with van der Waals surface area (Å²) in [6, 6.07) is 11.2. The Kier molecular flexibility index (Phi) is 7.06. The van der Waals surface area contributed by atoms with Gasteiger partial charge in [-0.25, -0.2) is 8.78 Å². The average Bonchev–Trinajstić information content (AvgIpc) is 3.11. The molecule has 2 bridgehead atoms. The summed E-state index contributed by atoms with van der Waals surface area (Å²) in [5.74, 6) is -3.12. The number of hydrogen-bond donors (Lipinski definition) is 2. The summed E-state index contributed by atoms with van der Waals surface area (Å²) in [5.41, 5.74) is -0.250.